The molecule has 0 bridgehead atoms. The molecule has 0 saturated carbocycles. The van der Waals surface area contributed by atoms with Crippen molar-refractivity contribution < 1.29 is 18.4 Å². The summed E-state index contributed by atoms with van der Waals surface area (Å²) in [6.45, 7) is 31.1. The van der Waals surface area contributed by atoms with Crippen molar-refractivity contribution in [3.8, 4) is 0 Å². The molecule has 0 radical (unpaired) electrons. The molecule has 0 amide bonds. The van der Waals surface area contributed by atoms with Gasteiger partial charge in [-0.25, -0.2) is 0 Å². The highest BCUT2D eigenvalue weighted by molar-refractivity contribution is 6.99. The molecule has 0 aliphatic carbocycles. The van der Waals surface area contributed by atoms with E-state index in [-0.39, 0.29) is 52.1 Å². The van der Waals surface area contributed by atoms with Crippen LogP contribution in [0.2, 0.25) is 23.2 Å². The van der Waals surface area contributed by atoms with E-state index in [1.54, 1.807) is 0 Å². The molecule has 4 atom stereocenters. The number of benzene rings is 2. The van der Waals surface area contributed by atoms with Crippen molar-refractivity contribution in [2.24, 2.45) is 11.3 Å². The van der Waals surface area contributed by atoms with Crippen LogP contribution in [0.5, 0.6) is 0 Å². The Hall–Kier alpha value is -2.26. The van der Waals surface area contributed by atoms with Gasteiger partial charge in [-0.15, -0.1) is 6.58 Å². The first-order chi connectivity index (χ1) is 20.2. The fourth-order valence-corrected chi connectivity index (χ4v) is 12.4. The van der Waals surface area contributed by atoms with Crippen molar-refractivity contribution in [3.63, 3.8) is 0 Å². The monoisotopic (exact) mass is 634 g/mol. The van der Waals surface area contributed by atoms with E-state index in [9.17, 15) is 4.79 Å². The van der Waals surface area contributed by atoms with Gasteiger partial charge in [-0.2, -0.15) is 0 Å². The van der Waals surface area contributed by atoms with Gasteiger partial charge in [-0.05, 0) is 46.0 Å². The molecular weight excluding hydrogens is 577 g/mol. The Balaban J connectivity index is 1.98. The number of rotatable bonds is 11. The van der Waals surface area contributed by atoms with Gasteiger partial charge in [0, 0.05) is 17.8 Å². The second-order valence-corrected chi connectivity index (χ2v) is 24.9. The lowest BCUT2D eigenvalue weighted by Crippen LogP contribution is -2.68. The van der Waals surface area contributed by atoms with Gasteiger partial charge in [0.25, 0.3) is 8.32 Å². The van der Waals surface area contributed by atoms with Crippen LogP contribution in [0.1, 0.15) is 82.1 Å². The van der Waals surface area contributed by atoms with Crippen LogP contribution < -0.4 is 10.4 Å². The highest BCUT2D eigenvalue weighted by Crippen LogP contribution is 2.43. The highest BCUT2D eigenvalue weighted by Gasteiger charge is 2.52. The Labute approximate surface area is 270 Å². The average Bonchev–Trinajstić information content (AvgIpc) is 2.93. The molecule has 0 aromatic heterocycles. The highest BCUT2D eigenvalue weighted by atomic mass is 28.4. The molecular formula is C38H58O4Si2. The number of esters is 1. The number of cyclic esters (lactones) is 1. The number of ether oxygens (including phenoxy) is 1. The summed E-state index contributed by atoms with van der Waals surface area (Å²) >= 11 is 0. The molecule has 2 aromatic carbocycles. The third-order valence-electron chi connectivity index (χ3n) is 9.90. The van der Waals surface area contributed by atoms with E-state index >= 15 is 0 Å². The van der Waals surface area contributed by atoms with E-state index in [4.69, 9.17) is 13.6 Å². The van der Waals surface area contributed by atoms with Gasteiger partial charge in [0.05, 0.1) is 18.6 Å². The third kappa shape index (κ3) is 7.93. The zero-order valence-corrected chi connectivity index (χ0v) is 31.5. The number of carbonyl (C=O) groups is 1. The van der Waals surface area contributed by atoms with Crippen molar-refractivity contribution in [3.05, 3.63) is 85.0 Å². The molecule has 0 spiro atoms. The van der Waals surface area contributed by atoms with Gasteiger partial charge in [-0.3, -0.25) is 4.79 Å². The van der Waals surface area contributed by atoms with Gasteiger partial charge in [-0.1, -0.05) is 135 Å². The maximum atomic E-state index is 13.2. The van der Waals surface area contributed by atoms with Crippen molar-refractivity contribution >= 4 is 33.0 Å². The van der Waals surface area contributed by atoms with Crippen molar-refractivity contribution in [2.45, 2.75) is 124 Å². The Morgan fingerprint density at radius 3 is 1.84 bits per heavy atom. The normalized spacial score (nSPS) is 20.5. The van der Waals surface area contributed by atoms with Gasteiger partial charge in [0.1, 0.15) is 6.10 Å². The van der Waals surface area contributed by atoms with Crippen LogP contribution in [-0.2, 0) is 18.4 Å². The van der Waals surface area contributed by atoms with Crippen molar-refractivity contribution in [1.82, 2.24) is 0 Å². The second-order valence-electron chi connectivity index (χ2n) is 15.9. The zero-order valence-electron chi connectivity index (χ0n) is 29.5. The Kier molecular flexibility index (Phi) is 11.2. The minimum absolute atomic E-state index is 0.0562. The summed E-state index contributed by atoms with van der Waals surface area (Å²) in [6.07, 6.45) is 4.50. The Morgan fingerprint density at radius 1 is 0.909 bits per heavy atom. The van der Waals surface area contributed by atoms with Crippen LogP contribution in [0.4, 0.5) is 0 Å². The molecule has 6 heteroatoms. The van der Waals surface area contributed by atoms with Crippen LogP contribution in [0.15, 0.2) is 85.0 Å². The number of hydrogen-bond acceptors (Lipinski definition) is 4. The van der Waals surface area contributed by atoms with Crippen LogP contribution in [-0.4, -0.2) is 40.9 Å². The maximum Gasteiger partial charge on any atom is 0.308 e. The molecule has 1 fully saturated rings. The fraction of sp³-hybridized carbons (Fsp3) is 0.553. The summed E-state index contributed by atoms with van der Waals surface area (Å²) in [5, 5.41) is 2.35. The quantitative estimate of drug-likeness (QED) is 0.141. The van der Waals surface area contributed by atoms with E-state index in [0.29, 0.717) is 6.42 Å². The molecule has 44 heavy (non-hydrogen) atoms. The van der Waals surface area contributed by atoms with Gasteiger partial charge in [0.2, 0.25) is 0 Å². The summed E-state index contributed by atoms with van der Waals surface area (Å²) in [6, 6.07) is 21.2. The minimum atomic E-state index is -2.81. The summed E-state index contributed by atoms with van der Waals surface area (Å²) in [4.78, 5) is 13.2. The summed E-state index contributed by atoms with van der Waals surface area (Å²) in [7, 11) is -4.87. The number of carbonyl (C=O) groups excluding carboxylic acids is 1. The molecule has 1 aliphatic rings. The number of hydrogen-bond donors (Lipinski definition) is 0. The van der Waals surface area contributed by atoms with E-state index in [2.05, 4.69) is 156 Å². The molecule has 3 rings (SSSR count). The zero-order chi connectivity index (χ0) is 33.1. The largest absolute Gasteiger partial charge is 0.458 e. The molecule has 2 aromatic rings. The molecule has 4 nitrogen and oxygen atoms in total. The summed E-state index contributed by atoms with van der Waals surface area (Å²) in [5.41, 5.74) is 0.814. The molecule has 0 N–H and O–H groups in total. The first-order valence-electron chi connectivity index (χ1n) is 16.2. The lowest BCUT2D eigenvalue weighted by atomic mass is 9.79. The van der Waals surface area contributed by atoms with Crippen LogP contribution in [0.3, 0.4) is 0 Å². The van der Waals surface area contributed by atoms with Crippen molar-refractivity contribution in [2.75, 3.05) is 0 Å². The van der Waals surface area contributed by atoms with Gasteiger partial charge < -0.3 is 13.6 Å². The van der Waals surface area contributed by atoms with E-state index in [0.717, 1.165) is 5.57 Å². The maximum absolute atomic E-state index is 13.2. The average molecular weight is 635 g/mol. The van der Waals surface area contributed by atoms with Crippen molar-refractivity contribution in [1.29, 1.82) is 0 Å². The topological polar surface area (TPSA) is 44.8 Å². The lowest BCUT2D eigenvalue weighted by Gasteiger charge is -2.46. The predicted molar refractivity (Wildman–Crippen MR) is 191 cm³/mol. The summed E-state index contributed by atoms with van der Waals surface area (Å²) < 4.78 is 20.4. The van der Waals surface area contributed by atoms with Gasteiger partial charge in [0.15, 0.2) is 8.32 Å². The minimum Gasteiger partial charge on any atom is -0.458 e. The second kappa shape index (κ2) is 13.6. The standard InChI is InChI=1S/C38H58O4Si2/c1-14-38(10,11)35(42-43(12,13)36(4,5)6)29(3)25-28(2)33-26-30(27-34(39)40-33)41-44(37(7,8)9,31-21-17-15-18-22-31)32-23-19-16-20-24-32/h14-25,29-30,33,35H,1,26-27H2,2-13H3/b28-25+/t29-,30-,33-,35-/m0/s1. The molecule has 1 aliphatic heterocycles. The van der Waals surface area contributed by atoms with Crippen LogP contribution in [0.25, 0.3) is 0 Å². The Morgan fingerprint density at radius 2 is 1.41 bits per heavy atom. The summed E-state index contributed by atoms with van der Waals surface area (Å²) in [5.74, 6) is -0.112. The van der Waals surface area contributed by atoms with E-state index in [1.165, 1.54) is 10.4 Å². The van der Waals surface area contributed by atoms with E-state index in [1.807, 2.05) is 6.08 Å². The van der Waals surface area contributed by atoms with Gasteiger partial charge >= 0.3 is 5.97 Å². The molecule has 242 valence electrons. The third-order valence-corrected chi connectivity index (χ3v) is 19.5. The van der Waals surface area contributed by atoms with Crippen LogP contribution >= 0.6 is 0 Å². The fourth-order valence-electron chi connectivity index (χ4n) is 6.23. The lowest BCUT2D eigenvalue weighted by molar-refractivity contribution is -0.156. The van der Waals surface area contributed by atoms with E-state index < -0.39 is 16.6 Å². The first kappa shape index (κ1) is 36.2. The molecule has 1 heterocycles. The smallest absolute Gasteiger partial charge is 0.308 e. The first-order valence-corrected chi connectivity index (χ1v) is 21.0. The molecule has 0 unspecified atom stereocenters. The predicted octanol–water partition coefficient (Wildman–Crippen LogP) is 8.82. The Bertz CT molecular complexity index is 1250. The molecule has 1 saturated heterocycles. The SMILES string of the molecule is C=CC(C)(C)[C@@H](O[Si](C)(C)C(C)(C)C)[C@@H](C)/C=C(\C)[C@@H]1C[C@H](O[Si](c2ccccc2)(c2ccccc2)C(C)(C)C)CC(=O)O1. The van der Waals surface area contributed by atoms with Crippen LogP contribution in [0, 0.1) is 11.3 Å².